The lowest BCUT2D eigenvalue weighted by Crippen LogP contribution is -2.54. The number of rotatable bonds is 5. The Kier molecular flexibility index (Phi) is 5.65. The lowest BCUT2D eigenvalue weighted by molar-refractivity contribution is -0.384. The molecule has 1 N–H and O–H groups in total. The topological polar surface area (TPSA) is 97.5 Å². The van der Waals surface area contributed by atoms with Crippen LogP contribution in [0.4, 0.5) is 11.4 Å². The number of nitrogens with one attached hydrogen (secondary N) is 1. The van der Waals surface area contributed by atoms with Crippen molar-refractivity contribution in [2.75, 3.05) is 4.90 Å². The Morgan fingerprint density at radius 3 is 2.31 bits per heavy atom. The van der Waals surface area contributed by atoms with Crippen LogP contribution in [0, 0.1) is 10.1 Å². The number of aryl methyl sites for hydroxylation is 1. The second-order valence-corrected chi connectivity index (χ2v) is 7.44. The van der Waals surface area contributed by atoms with Gasteiger partial charge in [0.25, 0.3) is 17.5 Å². The number of hydrogen-bond acceptors (Lipinski definition) is 5. The molecule has 0 aliphatic carbocycles. The molecule has 0 radical (unpaired) electrons. The molecule has 1 saturated heterocycles. The molecule has 3 aromatic rings. The number of hydrogen-bond donors (Lipinski definition) is 1. The van der Waals surface area contributed by atoms with Gasteiger partial charge < -0.3 is 4.57 Å². The van der Waals surface area contributed by atoms with Crippen molar-refractivity contribution < 1.29 is 14.5 Å². The first-order chi connectivity index (χ1) is 15.4. The minimum absolute atomic E-state index is 0.0205. The molecule has 160 valence electrons. The normalized spacial score (nSPS) is 15.2. The minimum Gasteiger partial charge on any atom is -0.317 e. The standard InChI is InChI=1S/C23H18N4O4S/c1-2-15-5-7-17(8-6-15)26-22(29)20(21(28)24-23(26)32)14-19-4-3-13-25(19)16-9-11-18(12-10-16)27(30)31/h3-14H,2H2,1H3,(H,24,28,32)/b20-14+. The van der Waals surface area contributed by atoms with Gasteiger partial charge in [-0.1, -0.05) is 19.1 Å². The molecule has 2 aromatic carbocycles. The quantitative estimate of drug-likeness (QED) is 0.212. The van der Waals surface area contributed by atoms with Crippen molar-refractivity contribution in [3.63, 3.8) is 0 Å². The Morgan fingerprint density at radius 1 is 1.03 bits per heavy atom. The summed E-state index contributed by atoms with van der Waals surface area (Å²) in [5.41, 5.74) is 2.80. The van der Waals surface area contributed by atoms with Crippen molar-refractivity contribution in [2.45, 2.75) is 13.3 Å². The zero-order valence-electron chi connectivity index (χ0n) is 17.0. The van der Waals surface area contributed by atoms with E-state index in [0.29, 0.717) is 17.1 Å². The molecule has 2 heterocycles. The van der Waals surface area contributed by atoms with Crippen LogP contribution in [0.3, 0.4) is 0 Å². The second-order valence-electron chi connectivity index (χ2n) is 7.05. The SMILES string of the molecule is CCc1ccc(N2C(=O)/C(=C/c3cccn3-c3ccc([N+](=O)[O-])cc3)C(=O)NC2=S)cc1. The van der Waals surface area contributed by atoms with E-state index in [0.717, 1.165) is 12.0 Å². The molecule has 0 atom stereocenters. The summed E-state index contributed by atoms with van der Waals surface area (Å²) in [5, 5.41) is 13.5. The number of aromatic nitrogens is 1. The van der Waals surface area contributed by atoms with Gasteiger partial charge in [0.1, 0.15) is 5.57 Å². The maximum atomic E-state index is 13.2. The van der Waals surface area contributed by atoms with Gasteiger partial charge in [-0.3, -0.25) is 29.9 Å². The van der Waals surface area contributed by atoms with Crippen LogP contribution in [0.15, 0.2) is 72.4 Å². The molecule has 0 bridgehead atoms. The number of nitro groups is 1. The van der Waals surface area contributed by atoms with E-state index in [-0.39, 0.29) is 16.4 Å². The van der Waals surface area contributed by atoms with E-state index in [9.17, 15) is 19.7 Å². The van der Waals surface area contributed by atoms with Crippen molar-refractivity contribution in [3.05, 3.63) is 93.8 Å². The molecule has 4 rings (SSSR count). The van der Waals surface area contributed by atoms with Crippen molar-refractivity contribution in [2.24, 2.45) is 0 Å². The van der Waals surface area contributed by atoms with Crippen molar-refractivity contribution in [3.8, 4) is 5.69 Å². The number of non-ortho nitro benzene ring substituents is 1. The Morgan fingerprint density at radius 2 is 1.69 bits per heavy atom. The minimum atomic E-state index is -0.585. The lowest BCUT2D eigenvalue weighted by atomic mass is 10.1. The number of carbonyl (C=O) groups excluding carboxylic acids is 2. The van der Waals surface area contributed by atoms with E-state index in [1.165, 1.54) is 23.1 Å². The first-order valence-electron chi connectivity index (χ1n) is 9.81. The van der Waals surface area contributed by atoms with Crippen LogP contribution in [-0.2, 0) is 16.0 Å². The van der Waals surface area contributed by atoms with E-state index in [2.05, 4.69) is 5.32 Å². The zero-order chi connectivity index (χ0) is 22.8. The number of benzene rings is 2. The predicted molar refractivity (Wildman–Crippen MR) is 124 cm³/mol. The molecular weight excluding hydrogens is 428 g/mol. The van der Waals surface area contributed by atoms with Crippen LogP contribution in [-0.4, -0.2) is 26.4 Å². The number of amides is 2. The molecule has 0 spiro atoms. The number of thiocarbonyl (C=S) groups is 1. The highest BCUT2D eigenvalue weighted by molar-refractivity contribution is 7.80. The molecule has 1 aromatic heterocycles. The van der Waals surface area contributed by atoms with Crippen LogP contribution in [0.1, 0.15) is 18.2 Å². The Balaban J connectivity index is 1.70. The fourth-order valence-electron chi connectivity index (χ4n) is 3.40. The van der Waals surface area contributed by atoms with Crippen LogP contribution in [0.5, 0.6) is 0 Å². The third-order valence-corrected chi connectivity index (χ3v) is 5.40. The Bertz CT molecular complexity index is 1260. The van der Waals surface area contributed by atoms with Crippen LogP contribution >= 0.6 is 12.2 Å². The molecule has 8 nitrogen and oxygen atoms in total. The predicted octanol–water partition coefficient (Wildman–Crippen LogP) is 3.78. The van der Waals surface area contributed by atoms with E-state index >= 15 is 0 Å². The number of nitro benzene ring substituents is 1. The average molecular weight is 446 g/mol. The molecular formula is C23H18N4O4S. The van der Waals surface area contributed by atoms with Gasteiger partial charge in [-0.15, -0.1) is 0 Å². The maximum Gasteiger partial charge on any atom is 0.270 e. The van der Waals surface area contributed by atoms with Crippen LogP contribution in [0.2, 0.25) is 0 Å². The van der Waals surface area contributed by atoms with Crippen LogP contribution in [0.25, 0.3) is 11.8 Å². The highest BCUT2D eigenvalue weighted by Gasteiger charge is 2.34. The molecule has 0 unspecified atom stereocenters. The van der Waals surface area contributed by atoms with Crippen molar-refractivity contribution in [1.29, 1.82) is 0 Å². The summed E-state index contributed by atoms with van der Waals surface area (Å²) in [6.07, 6.45) is 4.08. The summed E-state index contributed by atoms with van der Waals surface area (Å²) < 4.78 is 1.73. The molecule has 1 fully saturated rings. The number of nitrogens with zero attached hydrogens (tertiary/aromatic N) is 3. The van der Waals surface area contributed by atoms with E-state index in [1.807, 2.05) is 19.1 Å². The van der Waals surface area contributed by atoms with Gasteiger partial charge in [0.2, 0.25) is 0 Å². The highest BCUT2D eigenvalue weighted by atomic mass is 32.1. The molecule has 2 amide bonds. The van der Waals surface area contributed by atoms with Gasteiger partial charge in [0.15, 0.2) is 5.11 Å². The number of anilines is 1. The average Bonchev–Trinajstić information content (AvgIpc) is 3.25. The zero-order valence-corrected chi connectivity index (χ0v) is 17.8. The van der Waals surface area contributed by atoms with Gasteiger partial charge in [0, 0.05) is 29.7 Å². The molecule has 32 heavy (non-hydrogen) atoms. The summed E-state index contributed by atoms with van der Waals surface area (Å²) in [7, 11) is 0. The highest BCUT2D eigenvalue weighted by Crippen LogP contribution is 2.24. The van der Waals surface area contributed by atoms with Gasteiger partial charge in [-0.05, 0) is 66.7 Å². The van der Waals surface area contributed by atoms with Gasteiger partial charge in [-0.25, -0.2) is 0 Å². The van der Waals surface area contributed by atoms with E-state index in [1.54, 1.807) is 47.2 Å². The lowest BCUT2D eigenvalue weighted by Gasteiger charge is -2.29. The molecule has 0 saturated carbocycles. The fraction of sp³-hybridized carbons (Fsp3) is 0.0870. The van der Waals surface area contributed by atoms with Crippen molar-refractivity contribution in [1.82, 2.24) is 9.88 Å². The first kappa shape index (κ1) is 21.1. The second kappa shape index (κ2) is 8.56. The largest absolute Gasteiger partial charge is 0.317 e. The van der Waals surface area contributed by atoms with Gasteiger partial charge >= 0.3 is 0 Å². The summed E-state index contributed by atoms with van der Waals surface area (Å²) in [6.45, 7) is 2.03. The summed E-state index contributed by atoms with van der Waals surface area (Å²) >= 11 is 5.25. The summed E-state index contributed by atoms with van der Waals surface area (Å²) in [4.78, 5) is 37.5. The molecule has 1 aliphatic rings. The Hall–Kier alpha value is -4.11. The molecule has 1 aliphatic heterocycles. The first-order valence-corrected chi connectivity index (χ1v) is 10.2. The smallest absolute Gasteiger partial charge is 0.270 e. The number of carbonyl (C=O) groups is 2. The summed E-state index contributed by atoms with van der Waals surface area (Å²) in [6, 6.07) is 16.9. The third kappa shape index (κ3) is 3.93. The Labute approximate surface area is 188 Å². The monoisotopic (exact) mass is 446 g/mol. The van der Waals surface area contributed by atoms with Gasteiger partial charge in [0.05, 0.1) is 10.6 Å². The van der Waals surface area contributed by atoms with E-state index in [4.69, 9.17) is 12.2 Å². The maximum absolute atomic E-state index is 13.2. The molecule has 9 heteroatoms. The fourth-order valence-corrected chi connectivity index (χ4v) is 3.68. The van der Waals surface area contributed by atoms with Crippen molar-refractivity contribution >= 4 is 46.6 Å². The summed E-state index contributed by atoms with van der Waals surface area (Å²) in [5.74, 6) is -1.11. The third-order valence-electron chi connectivity index (χ3n) is 5.12. The van der Waals surface area contributed by atoms with Crippen LogP contribution < -0.4 is 10.2 Å². The van der Waals surface area contributed by atoms with Gasteiger partial charge in [-0.2, -0.15) is 0 Å². The van der Waals surface area contributed by atoms with E-state index < -0.39 is 16.7 Å².